The summed E-state index contributed by atoms with van der Waals surface area (Å²) in [4.78, 5) is 1.59. The maximum absolute atomic E-state index is 5.25. The number of rotatable bonds is 3. The summed E-state index contributed by atoms with van der Waals surface area (Å²) in [6.45, 7) is 4.46. The van der Waals surface area contributed by atoms with Gasteiger partial charge in [-0.15, -0.1) is 22.9 Å². The minimum atomic E-state index is -0.724. The zero-order valence-electron chi connectivity index (χ0n) is 7.83. The number of hydrogen-bond donors (Lipinski definition) is 1. The summed E-state index contributed by atoms with van der Waals surface area (Å²) in [5.74, 6) is 0. The molecule has 0 saturated carbocycles. The van der Waals surface area contributed by atoms with Crippen molar-refractivity contribution in [3.63, 3.8) is 0 Å². The number of morpholine rings is 1. The fourth-order valence-electron chi connectivity index (χ4n) is 1.44. The highest BCUT2D eigenvalue weighted by molar-refractivity contribution is 7.81. The molecular weight excluding hydrogens is 202 g/mol. The SMILES string of the molecule is SC1(CCN2CCOCC2)N=NN=N1. The van der Waals surface area contributed by atoms with Crippen LogP contribution in [-0.4, -0.2) is 42.7 Å². The summed E-state index contributed by atoms with van der Waals surface area (Å²) >= 11 is 4.30. The maximum Gasteiger partial charge on any atom is 0.239 e. The van der Waals surface area contributed by atoms with Crippen molar-refractivity contribution < 1.29 is 4.74 Å². The van der Waals surface area contributed by atoms with Gasteiger partial charge in [0.2, 0.25) is 4.99 Å². The van der Waals surface area contributed by atoms with Crippen molar-refractivity contribution in [1.29, 1.82) is 0 Å². The first kappa shape index (κ1) is 10.0. The Morgan fingerprint density at radius 1 is 1.21 bits per heavy atom. The smallest absolute Gasteiger partial charge is 0.239 e. The molecule has 0 atom stereocenters. The molecule has 0 aliphatic carbocycles. The van der Waals surface area contributed by atoms with E-state index < -0.39 is 4.99 Å². The molecule has 0 aromatic heterocycles. The highest BCUT2D eigenvalue weighted by atomic mass is 32.1. The van der Waals surface area contributed by atoms with Gasteiger partial charge in [-0.3, -0.25) is 4.90 Å². The molecule has 2 rings (SSSR count). The molecule has 1 fully saturated rings. The van der Waals surface area contributed by atoms with Crippen LogP contribution < -0.4 is 0 Å². The van der Waals surface area contributed by atoms with Gasteiger partial charge in [-0.2, -0.15) is 0 Å². The molecule has 78 valence electrons. The largest absolute Gasteiger partial charge is 0.379 e. The quantitative estimate of drug-likeness (QED) is 0.717. The predicted octanol–water partition coefficient (Wildman–Crippen LogP) is 1.13. The molecule has 0 aromatic carbocycles. The first-order chi connectivity index (χ1) is 6.79. The standard InChI is InChI=1S/C7H13N5OS/c14-7(8-10-11-9-7)1-2-12-3-5-13-6-4-12/h14H,1-6H2. The molecule has 0 unspecified atom stereocenters. The summed E-state index contributed by atoms with van der Waals surface area (Å²) in [6.07, 6.45) is 0.739. The van der Waals surface area contributed by atoms with Gasteiger partial charge in [0, 0.05) is 26.1 Å². The van der Waals surface area contributed by atoms with E-state index in [1.54, 1.807) is 0 Å². The van der Waals surface area contributed by atoms with Crippen molar-refractivity contribution in [3.05, 3.63) is 0 Å². The van der Waals surface area contributed by atoms with Crippen LogP contribution in [0.2, 0.25) is 0 Å². The first-order valence-electron chi connectivity index (χ1n) is 4.65. The average molecular weight is 215 g/mol. The molecular formula is C7H13N5OS. The monoisotopic (exact) mass is 215 g/mol. The van der Waals surface area contributed by atoms with Crippen molar-refractivity contribution in [2.75, 3.05) is 32.8 Å². The van der Waals surface area contributed by atoms with E-state index in [4.69, 9.17) is 4.74 Å². The lowest BCUT2D eigenvalue weighted by atomic mass is 10.3. The third kappa shape index (κ3) is 2.49. The van der Waals surface area contributed by atoms with Crippen molar-refractivity contribution in [3.8, 4) is 0 Å². The van der Waals surface area contributed by atoms with Gasteiger partial charge in [0.1, 0.15) is 0 Å². The molecule has 0 spiro atoms. The van der Waals surface area contributed by atoms with E-state index in [9.17, 15) is 0 Å². The third-order valence-electron chi connectivity index (χ3n) is 2.32. The van der Waals surface area contributed by atoms with E-state index in [1.807, 2.05) is 0 Å². The molecule has 0 bridgehead atoms. The second-order valence-electron chi connectivity index (χ2n) is 3.36. The molecule has 6 nitrogen and oxygen atoms in total. The van der Waals surface area contributed by atoms with Crippen LogP contribution in [0.5, 0.6) is 0 Å². The normalized spacial score (nSPS) is 25.8. The summed E-state index contributed by atoms with van der Waals surface area (Å²) in [7, 11) is 0. The average Bonchev–Trinajstić information content (AvgIpc) is 2.65. The highest BCUT2D eigenvalue weighted by Crippen LogP contribution is 2.28. The van der Waals surface area contributed by atoms with E-state index in [0.717, 1.165) is 39.3 Å². The van der Waals surface area contributed by atoms with Crippen LogP contribution in [0.1, 0.15) is 6.42 Å². The topological polar surface area (TPSA) is 61.9 Å². The first-order valence-corrected chi connectivity index (χ1v) is 5.10. The van der Waals surface area contributed by atoms with Crippen LogP contribution >= 0.6 is 12.6 Å². The molecule has 2 aliphatic rings. The van der Waals surface area contributed by atoms with Crippen molar-refractivity contribution >= 4 is 12.6 Å². The molecule has 0 radical (unpaired) electrons. The fourth-order valence-corrected chi connectivity index (χ4v) is 1.62. The molecule has 0 N–H and O–H groups in total. The van der Waals surface area contributed by atoms with Gasteiger partial charge in [-0.25, -0.2) is 0 Å². The molecule has 2 heterocycles. The van der Waals surface area contributed by atoms with E-state index in [1.165, 1.54) is 0 Å². The Hall–Kier alpha value is -0.530. The zero-order valence-corrected chi connectivity index (χ0v) is 8.73. The van der Waals surface area contributed by atoms with Crippen molar-refractivity contribution in [2.45, 2.75) is 11.4 Å². The van der Waals surface area contributed by atoms with Gasteiger partial charge in [0.25, 0.3) is 0 Å². The molecule has 2 aliphatic heterocycles. The number of ether oxygens (including phenoxy) is 1. The van der Waals surface area contributed by atoms with Crippen LogP contribution in [0.3, 0.4) is 0 Å². The summed E-state index contributed by atoms with van der Waals surface area (Å²) < 4.78 is 5.25. The Morgan fingerprint density at radius 3 is 2.50 bits per heavy atom. The van der Waals surface area contributed by atoms with E-state index in [2.05, 4.69) is 38.2 Å². The van der Waals surface area contributed by atoms with E-state index in [-0.39, 0.29) is 0 Å². The van der Waals surface area contributed by atoms with Crippen LogP contribution in [0, 0.1) is 0 Å². The number of nitrogens with zero attached hydrogens (tertiary/aromatic N) is 5. The highest BCUT2D eigenvalue weighted by Gasteiger charge is 2.28. The summed E-state index contributed by atoms with van der Waals surface area (Å²) in [5.41, 5.74) is 0. The Morgan fingerprint density at radius 2 is 1.86 bits per heavy atom. The van der Waals surface area contributed by atoms with Gasteiger partial charge in [0.05, 0.1) is 13.2 Å². The Kier molecular flexibility index (Phi) is 3.09. The lowest BCUT2D eigenvalue weighted by Gasteiger charge is -2.27. The summed E-state index contributed by atoms with van der Waals surface area (Å²) in [6, 6.07) is 0. The van der Waals surface area contributed by atoms with Crippen molar-refractivity contribution in [2.24, 2.45) is 20.7 Å². The Labute approximate surface area is 87.8 Å². The van der Waals surface area contributed by atoms with Crippen molar-refractivity contribution in [1.82, 2.24) is 4.90 Å². The lowest BCUT2D eigenvalue weighted by molar-refractivity contribution is 0.0363. The molecule has 0 aromatic rings. The predicted molar refractivity (Wildman–Crippen MR) is 53.3 cm³/mol. The fraction of sp³-hybridized carbons (Fsp3) is 1.00. The molecule has 0 amide bonds. The number of hydrogen-bond acceptors (Lipinski definition) is 7. The van der Waals surface area contributed by atoms with E-state index in [0.29, 0.717) is 0 Å². The van der Waals surface area contributed by atoms with Crippen LogP contribution in [-0.2, 0) is 4.74 Å². The van der Waals surface area contributed by atoms with Crippen LogP contribution in [0.15, 0.2) is 20.7 Å². The minimum absolute atomic E-state index is 0.724. The van der Waals surface area contributed by atoms with Crippen LogP contribution in [0.25, 0.3) is 0 Å². The van der Waals surface area contributed by atoms with Gasteiger partial charge < -0.3 is 4.74 Å². The molecule has 7 heteroatoms. The maximum atomic E-state index is 5.25. The third-order valence-corrected chi connectivity index (χ3v) is 2.72. The van der Waals surface area contributed by atoms with E-state index >= 15 is 0 Å². The van der Waals surface area contributed by atoms with Gasteiger partial charge in [-0.1, -0.05) is 0 Å². The van der Waals surface area contributed by atoms with Gasteiger partial charge in [-0.05, 0) is 10.4 Å². The van der Waals surface area contributed by atoms with Crippen LogP contribution in [0.4, 0.5) is 0 Å². The zero-order chi connectivity index (χ0) is 9.86. The van der Waals surface area contributed by atoms with Gasteiger partial charge >= 0.3 is 0 Å². The summed E-state index contributed by atoms with van der Waals surface area (Å²) in [5, 5.41) is 14.6. The Balaban J connectivity index is 1.76. The Bertz CT molecular complexity index is 238. The number of thiol groups is 1. The second-order valence-corrected chi connectivity index (χ2v) is 4.07. The van der Waals surface area contributed by atoms with Gasteiger partial charge in [0.15, 0.2) is 0 Å². The second kappa shape index (κ2) is 4.33. The molecule has 1 saturated heterocycles. The minimum Gasteiger partial charge on any atom is -0.379 e. The lowest BCUT2D eigenvalue weighted by Crippen LogP contribution is -2.38. The molecule has 14 heavy (non-hydrogen) atoms.